The summed E-state index contributed by atoms with van der Waals surface area (Å²) >= 11 is 0. The number of aldehydes is 1. The highest BCUT2D eigenvalue weighted by Gasteiger charge is 2.14. The summed E-state index contributed by atoms with van der Waals surface area (Å²) in [6, 6.07) is 13.7. The van der Waals surface area contributed by atoms with E-state index in [2.05, 4.69) is 119 Å². The van der Waals surface area contributed by atoms with E-state index in [1.807, 2.05) is 55.4 Å². The van der Waals surface area contributed by atoms with Gasteiger partial charge < -0.3 is 0 Å². The summed E-state index contributed by atoms with van der Waals surface area (Å²) in [5.74, 6) is 2.56. The number of rotatable bonds is 14. The number of hydrogen-bond donors (Lipinski definition) is 0. The molecular formula is C49H92O. The normalized spacial score (nSPS) is 10.4. The van der Waals surface area contributed by atoms with Crippen molar-refractivity contribution in [3.8, 4) is 0 Å². The second kappa shape index (κ2) is 48.7. The molecule has 2 rings (SSSR count). The second-order valence-electron chi connectivity index (χ2n) is 12.2. The van der Waals surface area contributed by atoms with Crippen LogP contribution in [0.2, 0.25) is 0 Å². The van der Waals surface area contributed by atoms with E-state index in [9.17, 15) is 4.79 Å². The Bertz CT molecular complexity index is 951. The zero-order valence-electron chi connectivity index (χ0n) is 37.7. The summed E-state index contributed by atoms with van der Waals surface area (Å²) in [4.78, 5) is 9.43. The summed E-state index contributed by atoms with van der Waals surface area (Å²) < 4.78 is 0. The van der Waals surface area contributed by atoms with Gasteiger partial charge in [0.25, 0.3) is 0 Å². The minimum absolute atomic E-state index is 0.710. The van der Waals surface area contributed by atoms with Gasteiger partial charge in [0.15, 0.2) is 0 Å². The van der Waals surface area contributed by atoms with E-state index in [0.717, 1.165) is 17.8 Å². The number of carbonyl (C=O) groups is 1. The van der Waals surface area contributed by atoms with Crippen LogP contribution in [0.25, 0.3) is 0 Å². The molecule has 2 unspecified atom stereocenters. The molecule has 0 bridgehead atoms. The summed E-state index contributed by atoms with van der Waals surface area (Å²) in [5, 5.41) is 0. The third kappa shape index (κ3) is 38.4. The highest BCUT2D eigenvalue weighted by Crippen LogP contribution is 2.30. The molecule has 1 nitrogen and oxygen atoms in total. The first-order valence-corrected chi connectivity index (χ1v) is 20.9. The van der Waals surface area contributed by atoms with E-state index in [0.29, 0.717) is 6.29 Å². The van der Waals surface area contributed by atoms with Crippen molar-refractivity contribution in [2.45, 2.75) is 202 Å². The third-order valence-corrected chi connectivity index (χ3v) is 7.88. The minimum atomic E-state index is 0.710. The molecule has 0 amide bonds. The standard InChI is InChI=1S/C19H32.C9H12.C8H18.C5H6O.4C2H6/c1-6-9-15(4)13-17(8-3)19-12-11-16(5)18(14-19)10-7-2;1-7-4-5-8(2)9(3)6-7;1-4-6-8(3)7-5-2;1-2-3-4-5-6;4*1-2/h11-12,14-15,17H,6-10,13H2,1-5H3;4-6H,1-3H3;8H,4-7H2,1-3H3;2-5H,1H2;4*1-2H3/b;;;4-3-;;;;. The predicted octanol–water partition coefficient (Wildman–Crippen LogP) is 17.1. The van der Waals surface area contributed by atoms with Gasteiger partial charge in [0.2, 0.25) is 0 Å². The van der Waals surface area contributed by atoms with E-state index in [-0.39, 0.29) is 0 Å². The molecule has 0 aromatic heterocycles. The summed E-state index contributed by atoms with van der Waals surface area (Å²) in [6.45, 7) is 44.2. The van der Waals surface area contributed by atoms with Crippen molar-refractivity contribution in [3.63, 3.8) is 0 Å². The monoisotopic (exact) mass is 697 g/mol. The van der Waals surface area contributed by atoms with Crippen LogP contribution in [0.15, 0.2) is 61.2 Å². The number of aryl methyl sites for hydroxylation is 5. The average Bonchev–Trinajstić information content (AvgIpc) is 3.14. The molecule has 1 heteroatoms. The zero-order chi connectivity index (χ0) is 40.3. The molecule has 0 aliphatic carbocycles. The molecular weight excluding hydrogens is 605 g/mol. The molecule has 0 saturated heterocycles. The molecule has 0 aliphatic heterocycles. The van der Waals surface area contributed by atoms with Gasteiger partial charge in [-0.15, -0.1) is 0 Å². The van der Waals surface area contributed by atoms with Gasteiger partial charge in [0.1, 0.15) is 6.29 Å². The fourth-order valence-corrected chi connectivity index (χ4v) is 5.26. The van der Waals surface area contributed by atoms with E-state index >= 15 is 0 Å². The van der Waals surface area contributed by atoms with Crippen molar-refractivity contribution in [2.24, 2.45) is 11.8 Å². The fraction of sp³-hybridized carbons (Fsp3) is 0.653. The van der Waals surface area contributed by atoms with Crippen LogP contribution in [-0.4, -0.2) is 6.29 Å². The van der Waals surface area contributed by atoms with E-state index in [1.165, 1.54) is 92.5 Å². The second-order valence-corrected chi connectivity index (χ2v) is 12.2. The first-order chi connectivity index (χ1) is 24.0. The van der Waals surface area contributed by atoms with Gasteiger partial charge in [0, 0.05) is 0 Å². The molecule has 50 heavy (non-hydrogen) atoms. The lowest BCUT2D eigenvalue weighted by Gasteiger charge is -2.21. The lowest BCUT2D eigenvalue weighted by molar-refractivity contribution is -0.104. The van der Waals surface area contributed by atoms with Gasteiger partial charge in [-0.25, -0.2) is 0 Å². The molecule has 0 aliphatic rings. The summed E-state index contributed by atoms with van der Waals surface area (Å²) in [6.07, 6.45) is 18.5. The van der Waals surface area contributed by atoms with Crippen molar-refractivity contribution in [1.29, 1.82) is 0 Å². The Balaban J connectivity index is -0.000000132. The lowest BCUT2D eigenvalue weighted by Crippen LogP contribution is -2.05. The van der Waals surface area contributed by atoms with Gasteiger partial charge >= 0.3 is 0 Å². The molecule has 0 spiro atoms. The molecule has 2 atom stereocenters. The molecule has 0 radical (unpaired) electrons. The molecule has 0 heterocycles. The maximum Gasteiger partial charge on any atom is 0.142 e. The number of carbonyl (C=O) groups excluding carboxylic acids is 1. The van der Waals surface area contributed by atoms with Crippen LogP contribution in [0, 0.1) is 39.5 Å². The van der Waals surface area contributed by atoms with E-state index < -0.39 is 0 Å². The summed E-state index contributed by atoms with van der Waals surface area (Å²) in [7, 11) is 0. The van der Waals surface area contributed by atoms with Crippen LogP contribution in [0.5, 0.6) is 0 Å². The Hall–Kier alpha value is -2.41. The van der Waals surface area contributed by atoms with Crippen molar-refractivity contribution in [3.05, 3.63) is 94.6 Å². The molecule has 294 valence electrons. The molecule has 0 fully saturated rings. The van der Waals surface area contributed by atoms with Crippen LogP contribution < -0.4 is 0 Å². The van der Waals surface area contributed by atoms with Gasteiger partial charge in [-0.2, -0.15) is 0 Å². The Morgan fingerprint density at radius 2 is 1.08 bits per heavy atom. The minimum Gasteiger partial charge on any atom is -0.299 e. The molecule has 2 aromatic carbocycles. The highest BCUT2D eigenvalue weighted by molar-refractivity contribution is 5.65. The highest BCUT2D eigenvalue weighted by atomic mass is 16.1. The van der Waals surface area contributed by atoms with Crippen molar-refractivity contribution >= 4 is 6.29 Å². The fourth-order valence-electron chi connectivity index (χ4n) is 5.26. The van der Waals surface area contributed by atoms with Crippen LogP contribution in [-0.2, 0) is 11.2 Å². The SMILES string of the molecule is C=C/C=C\C=O.CC.CC.CC.CC.CCCC(C)CCC.CCCc1cc(C(CC)CC(C)CCC)ccc1C.Cc1ccc(C)c(C)c1. The summed E-state index contributed by atoms with van der Waals surface area (Å²) in [5.41, 5.74) is 8.69. The smallest absolute Gasteiger partial charge is 0.142 e. The predicted molar refractivity (Wildman–Crippen MR) is 237 cm³/mol. The van der Waals surface area contributed by atoms with Crippen LogP contribution in [0.3, 0.4) is 0 Å². The van der Waals surface area contributed by atoms with Crippen LogP contribution >= 0.6 is 0 Å². The maximum absolute atomic E-state index is 9.43. The van der Waals surface area contributed by atoms with Crippen LogP contribution in [0.4, 0.5) is 0 Å². The topological polar surface area (TPSA) is 17.1 Å². The van der Waals surface area contributed by atoms with E-state index in [4.69, 9.17) is 0 Å². The van der Waals surface area contributed by atoms with Gasteiger partial charge in [-0.1, -0.05) is 209 Å². The van der Waals surface area contributed by atoms with Gasteiger partial charge in [-0.05, 0) is 98.6 Å². The molecule has 0 N–H and O–H groups in total. The Morgan fingerprint density at radius 3 is 1.44 bits per heavy atom. The molecule has 2 aromatic rings. The number of allylic oxidation sites excluding steroid dienone is 3. The largest absolute Gasteiger partial charge is 0.299 e. The van der Waals surface area contributed by atoms with Crippen LogP contribution in [0.1, 0.15) is 201 Å². The van der Waals surface area contributed by atoms with Gasteiger partial charge in [-0.3, -0.25) is 4.79 Å². The van der Waals surface area contributed by atoms with Gasteiger partial charge in [0.05, 0.1) is 0 Å². The third-order valence-electron chi connectivity index (χ3n) is 7.88. The van der Waals surface area contributed by atoms with Crippen molar-refractivity contribution in [1.82, 2.24) is 0 Å². The Kier molecular flexibility index (Phi) is 58.2. The van der Waals surface area contributed by atoms with E-state index in [1.54, 1.807) is 23.3 Å². The molecule has 0 saturated carbocycles. The lowest BCUT2D eigenvalue weighted by atomic mass is 9.84. The first kappa shape index (κ1) is 59.7. The van der Waals surface area contributed by atoms with Crippen molar-refractivity contribution in [2.75, 3.05) is 0 Å². The quantitative estimate of drug-likeness (QED) is 0.109. The Morgan fingerprint density at radius 1 is 0.600 bits per heavy atom. The number of benzene rings is 2. The van der Waals surface area contributed by atoms with Crippen molar-refractivity contribution < 1.29 is 4.79 Å². The maximum atomic E-state index is 9.43. The Labute approximate surface area is 318 Å². The average molecular weight is 697 g/mol. The number of hydrogen-bond acceptors (Lipinski definition) is 1. The zero-order valence-corrected chi connectivity index (χ0v) is 37.7. The first-order valence-electron chi connectivity index (χ1n) is 20.9.